The summed E-state index contributed by atoms with van der Waals surface area (Å²) in [6, 6.07) is 4.02. The smallest absolute Gasteiger partial charge is 0.224 e. The molecule has 2 aromatic rings. The van der Waals surface area contributed by atoms with E-state index in [0.717, 1.165) is 27.7 Å². The molecule has 6 heteroatoms. The van der Waals surface area contributed by atoms with E-state index in [4.69, 9.17) is 4.42 Å². The Kier molecular flexibility index (Phi) is 4.19. The number of hydrogen-bond acceptors (Lipinski definition) is 4. The number of carbonyl (C=O) groups is 1. The summed E-state index contributed by atoms with van der Waals surface area (Å²) in [5.41, 5.74) is 3.97. The molecule has 1 N–H and O–H groups in total. The summed E-state index contributed by atoms with van der Waals surface area (Å²) in [6.07, 6.45) is 2.51. The number of fused-ring (bicyclic) bond motifs is 1. The fourth-order valence-corrected chi connectivity index (χ4v) is 4.86. The Labute approximate surface area is 136 Å². The first-order chi connectivity index (χ1) is 10.8. The number of amides is 1. The third kappa shape index (κ3) is 3.58. The van der Waals surface area contributed by atoms with Crippen molar-refractivity contribution in [1.29, 1.82) is 0 Å². The lowest BCUT2D eigenvalue weighted by Gasteiger charge is -2.09. The minimum atomic E-state index is -2.90. The Morgan fingerprint density at radius 1 is 1.30 bits per heavy atom. The number of aryl methyl sites for hydroxylation is 2. The largest absolute Gasteiger partial charge is 0.464 e. The van der Waals surface area contributed by atoms with E-state index in [-0.39, 0.29) is 29.8 Å². The number of carbonyl (C=O) groups excluding carboxylic acids is 1. The van der Waals surface area contributed by atoms with E-state index in [9.17, 15) is 13.2 Å². The van der Waals surface area contributed by atoms with Crippen molar-refractivity contribution < 1.29 is 17.6 Å². The van der Waals surface area contributed by atoms with Crippen LogP contribution >= 0.6 is 0 Å². The lowest BCUT2D eigenvalue weighted by atomic mass is 10.0. The molecular formula is C17H21NO4S. The van der Waals surface area contributed by atoms with Crippen LogP contribution in [0.15, 0.2) is 22.8 Å². The first kappa shape index (κ1) is 16.1. The highest BCUT2D eigenvalue weighted by Gasteiger charge is 2.27. The van der Waals surface area contributed by atoms with Gasteiger partial charge in [-0.1, -0.05) is 0 Å². The Morgan fingerprint density at radius 3 is 2.74 bits per heavy atom. The maximum absolute atomic E-state index is 12.1. The maximum atomic E-state index is 12.1. The highest BCUT2D eigenvalue weighted by Crippen LogP contribution is 2.25. The van der Waals surface area contributed by atoms with Gasteiger partial charge in [-0.2, -0.15) is 0 Å². The average molecular weight is 335 g/mol. The van der Waals surface area contributed by atoms with Crippen LogP contribution in [-0.4, -0.2) is 32.4 Å². The second-order valence-corrected chi connectivity index (χ2v) is 8.67. The van der Waals surface area contributed by atoms with Gasteiger partial charge in [0.2, 0.25) is 5.91 Å². The van der Waals surface area contributed by atoms with E-state index in [1.165, 1.54) is 0 Å². The van der Waals surface area contributed by atoms with Crippen molar-refractivity contribution in [3.8, 4) is 0 Å². The SMILES string of the molecule is Cc1cc2occ(CC(=O)NCC3CCS(=O)(=O)C3)c2cc1C. The minimum absolute atomic E-state index is 0.0370. The molecule has 23 heavy (non-hydrogen) atoms. The van der Waals surface area contributed by atoms with Crippen LogP contribution in [0.25, 0.3) is 11.0 Å². The van der Waals surface area contributed by atoms with Crippen LogP contribution in [0.5, 0.6) is 0 Å². The van der Waals surface area contributed by atoms with Gasteiger partial charge in [-0.05, 0) is 49.4 Å². The normalized spacial score (nSPS) is 20.0. The minimum Gasteiger partial charge on any atom is -0.464 e. The van der Waals surface area contributed by atoms with E-state index >= 15 is 0 Å². The molecule has 5 nitrogen and oxygen atoms in total. The molecule has 0 aliphatic carbocycles. The quantitative estimate of drug-likeness (QED) is 0.929. The lowest BCUT2D eigenvalue weighted by Crippen LogP contribution is -2.30. The first-order valence-electron chi connectivity index (χ1n) is 7.78. The maximum Gasteiger partial charge on any atom is 0.224 e. The molecule has 0 radical (unpaired) electrons. The van der Waals surface area contributed by atoms with Crippen LogP contribution in [0.4, 0.5) is 0 Å². The Hall–Kier alpha value is -1.82. The van der Waals surface area contributed by atoms with Gasteiger partial charge in [0.1, 0.15) is 5.58 Å². The molecule has 1 amide bonds. The Morgan fingerprint density at radius 2 is 2.04 bits per heavy atom. The van der Waals surface area contributed by atoms with E-state index in [1.54, 1.807) is 6.26 Å². The standard InChI is InChI=1S/C17H21NO4S/c1-11-5-15-14(9-22-16(15)6-12(11)2)7-17(19)18-8-13-3-4-23(20,21)10-13/h5-6,9,13H,3-4,7-8,10H2,1-2H3,(H,18,19). The summed E-state index contributed by atoms with van der Waals surface area (Å²) in [4.78, 5) is 12.1. The summed E-state index contributed by atoms with van der Waals surface area (Å²) in [5, 5.41) is 3.81. The Bertz CT molecular complexity index is 851. The van der Waals surface area contributed by atoms with Gasteiger partial charge in [-0.3, -0.25) is 4.79 Å². The number of rotatable bonds is 4. The lowest BCUT2D eigenvalue weighted by molar-refractivity contribution is -0.120. The number of nitrogens with one attached hydrogen (secondary N) is 1. The van der Waals surface area contributed by atoms with Gasteiger partial charge >= 0.3 is 0 Å². The van der Waals surface area contributed by atoms with Gasteiger partial charge in [0.15, 0.2) is 9.84 Å². The molecule has 1 aliphatic rings. The van der Waals surface area contributed by atoms with E-state index in [0.29, 0.717) is 13.0 Å². The third-order valence-corrected chi connectivity index (χ3v) is 6.37. The first-order valence-corrected chi connectivity index (χ1v) is 9.60. The van der Waals surface area contributed by atoms with Crippen molar-refractivity contribution in [1.82, 2.24) is 5.32 Å². The highest BCUT2D eigenvalue weighted by atomic mass is 32.2. The summed E-state index contributed by atoms with van der Waals surface area (Å²) >= 11 is 0. The molecule has 1 aromatic carbocycles. The molecule has 2 heterocycles. The van der Waals surface area contributed by atoms with Crippen molar-refractivity contribution in [2.45, 2.75) is 26.7 Å². The molecule has 0 saturated carbocycles. The van der Waals surface area contributed by atoms with Crippen LogP contribution < -0.4 is 5.32 Å². The highest BCUT2D eigenvalue weighted by molar-refractivity contribution is 7.91. The monoisotopic (exact) mass is 335 g/mol. The molecule has 1 fully saturated rings. The zero-order valence-electron chi connectivity index (χ0n) is 13.4. The van der Waals surface area contributed by atoms with E-state index in [2.05, 4.69) is 5.32 Å². The van der Waals surface area contributed by atoms with Crippen molar-refractivity contribution in [2.75, 3.05) is 18.1 Å². The average Bonchev–Trinajstić information content (AvgIpc) is 3.01. The van der Waals surface area contributed by atoms with Gasteiger partial charge in [-0.15, -0.1) is 0 Å². The number of sulfone groups is 1. The van der Waals surface area contributed by atoms with Crippen LogP contribution in [0.3, 0.4) is 0 Å². The summed E-state index contributed by atoms with van der Waals surface area (Å²) in [7, 11) is -2.90. The van der Waals surface area contributed by atoms with Crippen molar-refractivity contribution >= 4 is 26.7 Å². The number of hydrogen-bond donors (Lipinski definition) is 1. The summed E-state index contributed by atoms with van der Waals surface area (Å²) in [6.45, 7) is 4.48. The van der Waals surface area contributed by atoms with Gasteiger partial charge in [-0.25, -0.2) is 8.42 Å². The van der Waals surface area contributed by atoms with Crippen molar-refractivity contribution in [2.24, 2.45) is 5.92 Å². The predicted octanol–water partition coefficient (Wildman–Crippen LogP) is 2.14. The van der Waals surface area contributed by atoms with Gasteiger partial charge in [0, 0.05) is 17.5 Å². The molecule has 1 aliphatic heterocycles. The molecule has 1 saturated heterocycles. The molecule has 1 aromatic heterocycles. The second-order valence-electron chi connectivity index (χ2n) is 6.44. The molecule has 1 atom stereocenters. The summed E-state index contributed by atoms with van der Waals surface area (Å²) in [5.74, 6) is 0.351. The second kappa shape index (κ2) is 6.00. The van der Waals surface area contributed by atoms with Gasteiger partial charge in [0.05, 0.1) is 24.2 Å². The van der Waals surface area contributed by atoms with Crippen LogP contribution in [0.2, 0.25) is 0 Å². The van der Waals surface area contributed by atoms with Crippen LogP contribution in [0.1, 0.15) is 23.1 Å². The molecular weight excluding hydrogens is 314 g/mol. The van der Waals surface area contributed by atoms with Gasteiger partial charge < -0.3 is 9.73 Å². The zero-order valence-corrected chi connectivity index (χ0v) is 14.2. The molecule has 3 rings (SSSR count). The number of benzene rings is 1. The van der Waals surface area contributed by atoms with Gasteiger partial charge in [0.25, 0.3) is 0 Å². The van der Waals surface area contributed by atoms with Crippen LogP contribution in [-0.2, 0) is 21.1 Å². The third-order valence-electron chi connectivity index (χ3n) is 4.54. The molecule has 1 unspecified atom stereocenters. The molecule has 124 valence electrons. The van der Waals surface area contributed by atoms with Crippen molar-refractivity contribution in [3.05, 3.63) is 35.1 Å². The fourth-order valence-electron chi connectivity index (χ4n) is 3.00. The summed E-state index contributed by atoms with van der Waals surface area (Å²) < 4.78 is 28.4. The zero-order chi connectivity index (χ0) is 16.6. The van der Waals surface area contributed by atoms with Crippen molar-refractivity contribution in [3.63, 3.8) is 0 Å². The fraction of sp³-hybridized carbons (Fsp3) is 0.471. The molecule has 0 spiro atoms. The number of furan rings is 1. The van der Waals surface area contributed by atoms with E-state index in [1.807, 2.05) is 26.0 Å². The van der Waals surface area contributed by atoms with Crippen LogP contribution in [0, 0.1) is 19.8 Å². The molecule has 0 bridgehead atoms. The van der Waals surface area contributed by atoms with E-state index < -0.39 is 9.84 Å². The topological polar surface area (TPSA) is 76.4 Å². The predicted molar refractivity (Wildman–Crippen MR) is 89.2 cm³/mol. The Balaban J connectivity index is 1.63.